The second-order valence-corrected chi connectivity index (χ2v) is 4.76. The zero-order valence-corrected chi connectivity index (χ0v) is 11.0. The lowest BCUT2D eigenvalue weighted by molar-refractivity contribution is -0.149. The number of ether oxygens (including phenoxy) is 1. The molecule has 0 saturated heterocycles. The van der Waals surface area contributed by atoms with E-state index in [1.165, 1.54) is 0 Å². The van der Waals surface area contributed by atoms with Crippen molar-refractivity contribution in [2.45, 2.75) is 39.7 Å². The molecule has 6 heteroatoms. The van der Waals surface area contributed by atoms with E-state index in [9.17, 15) is 14.4 Å². The Morgan fingerprint density at radius 3 is 2.50 bits per heavy atom. The zero-order chi connectivity index (χ0) is 13.7. The summed E-state index contributed by atoms with van der Waals surface area (Å²) in [5, 5.41) is 4.68. The molecule has 6 nitrogen and oxygen atoms in total. The molecule has 1 saturated carbocycles. The lowest BCUT2D eigenvalue weighted by Crippen LogP contribution is -2.44. The Labute approximate surface area is 106 Å². The molecule has 0 aromatic rings. The fourth-order valence-corrected chi connectivity index (χ4v) is 1.42. The monoisotopic (exact) mass is 256 g/mol. The van der Waals surface area contributed by atoms with Gasteiger partial charge in [-0.15, -0.1) is 0 Å². The number of hydrogen-bond donors (Lipinski definition) is 2. The van der Waals surface area contributed by atoms with Gasteiger partial charge in [0.25, 0.3) is 5.91 Å². The summed E-state index contributed by atoms with van der Waals surface area (Å²) in [5.74, 6) is -0.710. The normalized spacial score (nSPS) is 22.8. The summed E-state index contributed by atoms with van der Waals surface area (Å²) in [6, 6.07) is -0.571. The van der Waals surface area contributed by atoms with Crippen molar-refractivity contribution in [1.29, 1.82) is 0 Å². The molecule has 1 aliphatic carbocycles. The van der Waals surface area contributed by atoms with Gasteiger partial charge in [0.1, 0.15) is 0 Å². The van der Waals surface area contributed by atoms with E-state index in [0.29, 0.717) is 5.92 Å². The molecule has 0 aliphatic heterocycles. The van der Waals surface area contributed by atoms with Crippen molar-refractivity contribution >= 4 is 17.9 Å². The van der Waals surface area contributed by atoms with Crippen LogP contribution in [0.25, 0.3) is 0 Å². The Morgan fingerprint density at radius 2 is 2.00 bits per heavy atom. The highest BCUT2D eigenvalue weighted by atomic mass is 16.5. The van der Waals surface area contributed by atoms with E-state index in [1.807, 2.05) is 20.8 Å². The van der Waals surface area contributed by atoms with Gasteiger partial charge in [-0.25, -0.2) is 4.79 Å². The Kier molecular flexibility index (Phi) is 5.12. The first-order chi connectivity index (χ1) is 8.43. The number of esters is 1. The van der Waals surface area contributed by atoms with Crippen LogP contribution in [-0.4, -0.2) is 30.6 Å². The second kappa shape index (κ2) is 6.37. The van der Waals surface area contributed by atoms with Gasteiger partial charge in [-0.3, -0.25) is 14.9 Å². The van der Waals surface area contributed by atoms with Crippen LogP contribution in [0, 0.1) is 11.8 Å². The summed E-state index contributed by atoms with van der Waals surface area (Å²) in [4.78, 5) is 33.9. The minimum atomic E-state index is -0.613. The van der Waals surface area contributed by atoms with Crippen LogP contribution in [0.3, 0.4) is 0 Å². The fraction of sp³-hybridized carbons (Fsp3) is 0.750. The largest absolute Gasteiger partial charge is 0.455 e. The molecule has 0 spiro atoms. The second-order valence-electron chi connectivity index (χ2n) is 4.76. The molecule has 0 bridgehead atoms. The van der Waals surface area contributed by atoms with Crippen molar-refractivity contribution in [3.8, 4) is 0 Å². The molecule has 18 heavy (non-hydrogen) atoms. The van der Waals surface area contributed by atoms with Crippen LogP contribution in [0.2, 0.25) is 0 Å². The minimum absolute atomic E-state index is 0.00679. The average Bonchev–Trinajstić information content (AvgIpc) is 3.03. The topological polar surface area (TPSA) is 84.5 Å². The maximum absolute atomic E-state index is 11.3. The fourth-order valence-electron chi connectivity index (χ4n) is 1.42. The Balaban J connectivity index is 2.17. The quantitative estimate of drug-likeness (QED) is 0.713. The molecule has 2 N–H and O–H groups in total. The van der Waals surface area contributed by atoms with E-state index in [0.717, 1.165) is 12.8 Å². The third kappa shape index (κ3) is 4.73. The van der Waals surface area contributed by atoms with Crippen molar-refractivity contribution in [2.24, 2.45) is 11.8 Å². The van der Waals surface area contributed by atoms with E-state index in [1.54, 1.807) is 0 Å². The van der Waals surface area contributed by atoms with Crippen molar-refractivity contribution in [3.63, 3.8) is 0 Å². The highest BCUT2D eigenvalue weighted by Crippen LogP contribution is 2.38. The van der Waals surface area contributed by atoms with Crippen molar-refractivity contribution in [3.05, 3.63) is 0 Å². The summed E-state index contributed by atoms with van der Waals surface area (Å²) in [7, 11) is 0. The molecular formula is C12H20N2O4. The Morgan fingerprint density at radius 1 is 1.39 bits per heavy atom. The van der Waals surface area contributed by atoms with Crippen molar-refractivity contribution in [1.82, 2.24) is 10.6 Å². The molecule has 0 aromatic carbocycles. The van der Waals surface area contributed by atoms with Gasteiger partial charge < -0.3 is 10.1 Å². The van der Waals surface area contributed by atoms with Crippen LogP contribution in [0.4, 0.5) is 4.79 Å². The summed E-state index contributed by atoms with van der Waals surface area (Å²) >= 11 is 0. The predicted octanol–water partition coefficient (Wildman–Crippen LogP) is 0.810. The third-order valence-corrected chi connectivity index (χ3v) is 3.00. The van der Waals surface area contributed by atoms with Crippen LogP contribution >= 0.6 is 0 Å². The molecule has 0 heterocycles. The van der Waals surface area contributed by atoms with Crippen molar-refractivity contribution < 1.29 is 19.1 Å². The van der Waals surface area contributed by atoms with E-state index in [2.05, 4.69) is 10.6 Å². The molecule has 3 atom stereocenters. The maximum atomic E-state index is 11.3. The lowest BCUT2D eigenvalue weighted by atomic mass is 10.3. The number of amides is 3. The van der Waals surface area contributed by atoms with Gasteiger partial charge in [-0.2, -0.15) is 0 Å². The van der Waals surface area contributed by atoms with Gasteiger partial charge in [-0.05, 0) is 25.7 Å². The first-order valence-corrected chi connectivity index (χ1v) is 6.21. The lowest BCUT2D eigenvalue weighted by Gasteiger charge is -2.11. The van der Waals surface area contributed by atoms with Gasteiger partial charge in [0.2, 0.25) is 0 Å². The number of carbonyl (C=O) groups excluding carboxylic acids is 3. The van der Waals surface area contributed by atoms with Gasteiger partial charge in [-0.1, -0.05) is 13.8 Å². The maximum Gasteiger partial charge on any atom is 0.321 e. The molecule has 1 aliphatic rings. The summed E-state index contributed by atoms with van der Waals surface area (Å²) < 4.78 is 4.80. The van der Waals surface area contributed by atoms with Gasteiger partial charge in [0.05, 0.1) is 5.92 Å². The van der Waals surface area contributed by atoms with Gasteiger partial charge >= 0.3 is 12.0 Å². The molecule has 1 rings (SSSR count). The molecule has 0 radical (unpaired) electrons. The summed E-state index contributed by atoms with van der Waals surface area (Å²) in [6.45, 7) is 5.30. The molecule has 102 valence electrons. The summed E-state index contributed by atoms with van der Waals surface area (Å²) in [5.41, 5.74) is 0. The molecular weight excluding hydrogens is 236 g/mol. The molecule has 0 unspecified atom stereocenters. The number of rotatable bonds is 5. The standard InChI is InChI=1S/C12H20N2O4/c1-4-8(3)13-12(17)14-10(15)6-18-11(16)9-5-7(9)2/h7-9H,4-6H2,1-3H3,(H2,13,14,15,17)/t7-,8-,9-/m0/s1. The average molecular weight is 256 g/mol. The van der Waals surface area contributed by atoms with E-state index in [4.69, 9.17) is 4.74 Å². The van der Waals surface area contributed by atoms with E-state index < -0.39 is 18.5 Å². The number of nitrogens with one attached hydrogen (secondary N) is 2. The third-order valence-electron chi connectivity index (χ3n) is 3.00. The van der Waals surface area contributed by atoms with Crippen molar-refractivity contribution in [2.75, 3.05) is 6.61 Å². The first-order valence-electron chi connectivity index (χ1n) is 6.21. The van der Waals surface area contributed by atoms with Crippen LogP contribution in [-0.2, 0) is 14.3 Å². The minimum Gasteiger partial charge on any atom is -0.455 e. The molecule has 1 fully saturated rings. The smallest absolute Gasteiger partial charge is 0.321 e. The van der Waals surface area contributed by atoms with Crippen LogP contribution in [0.15, 0.2) is 0 Å². The number of imide groups is 1. The van der Waals surface area contributed by atoms with E-state index >= 15 is 0 Å². The number of carbonyl (C=O) groups is 3. The summed E-state index contributed by atoms with van der Waals surface area (Å²) in [6.07, 6.45) is 1.59. The van der Waals surface area contributed by atoms with Crippen LogP contribution < -0.4 is 10.6 Å². The molecule has 0 aromatic heterocycles. The first kappa shape index (κ1) is 14.5. The van der Waals surface area contributed by atoms with Gasteiger partial charge in [0.15, 0.2) is 6.61 Å². The Bertz CT molecular complexity index is 343. The number of hydrogen-bond acceptors (Lipinski definition) is 4. The highest BCUT2D eigenvalue weighted by Gasteiger charge is 2.40. The van der Waals surface area contributed by atoms with Gasteiger partial charge in [0, 0.05) is 6.04 Å². The van der Waals surface area contributed by atoms with E-state index in [-0.39, 0.29) is 17.9 Å². The predicted molar refractivity (Wildman–Crippen MR) is 64.7 cm³/mol. The van der Waals surface area contributed by atoms with Crippen LogP contribution in [0.1, 0.15) is 33.6 Å². The number of urea groups is 1. The van der Waals surface area contributed by atoms with Crippen LogP contribution in [0.5, 0.6) is 0 Å². The SMILES string of the molecule is CC[C@H](C)NC(=O)NC(=O)COC(=O)[C@H]1C[C@@H]1C. The highest BCUT2D eigenvalue weighted by molar-refractivity contribution is 5.95. The Hall–Kier alpha value is -1.59. The molecule has 3 amide bonds. The zero-order valence-electron chi connectivity index (χ0n) is 11.0.